The third-order valence-corrected chi connectivity index (χ3v) is 20.8. The molecule has 77 heavy (non-hydrogen) atoms. The fraction of sp³-hybridized carbons (Fsp3) is 0.173. The van der Waals surface area contributed by atoms with E-state index in [0.29, 0.717) is 5.92 Å². The monoisotopic (exact) mass is 1000 g/mol. The Morgan fingerprint density at radius 3 is 1.84 bits per heavy atom. The van der Waals surface area contributed by atoms with Crippen molar-refractivity contribution in [2.24, 2.45) is 5.92 Å². The van der Waals surface area contributed by atoms with Crippen molar-refractivity contribution in [2.75, 3.05) is 4.90 Å². The van der Waals surface area contributed by atoms with E-state index in [4.69, 9.17) is 0 Å². The standard InChI is InChI=1S/C75H57NS/c1-45-33-35-51-49-19-4-5-20-50(49)52-36-34-47(42-59(52)58(51)41-45)76(68-31-18-30-66-73(68)56-24-9-11-26-62(56)74(66)39-16-3-17-40-74)69-44-67-60(43-61(69)48-37-38-71-72(46(48)2)57-25-10-15-32-70(57)77-71)55-23-8-14-29-65(55)75(67)63-27-12-6-21-53(63)54-22-7-13-28-64(54)75/h4-15,18-38,42-46,48H,3,16-17,39-41H2,1-2H3. The number of rotatable bonds is 4. The van der Waals surface area contributed by atoms with Crippen molar-refractivity contribution in [2.45, 2.75) is 75.0 Å². The van der Waals surface area contributed by atoms with Gasteiger partial charge in [0.15, 0.2) is 0 Å². The molecule has 368 valence electrons. The first-order chi connectivity index (χ1) is 38.0. The first-order valence-electron chi connectivity index (χ1n) is 28.4. The molecule has 1 aromatic heterocycles. The first-order valence-corrected chi connectivity index (χ1v) is 29.2. The average Bonchev–Trinajstić information content (AvgIpc) is 4.07. The molecule has 0 bridgehead atoms. The molecule has 1 heterocycles. The summed E-state index contributed by atoms with van der Waals surface area (Å²) in [5.74, 6) is 0.759. The molecule has 3 atom stereocenters. The van der Waals surface area contributed by atoms with Crippen LogP contribution in [0.3, 0.4) is 0 Å². The number of anilines is 3. The summed E-state index contributed by atoms with van der Waals surface area (Å²) in [5.41, 5.74) is 25.6. The predicted molar refractivity (Wildman–Crippen MR) is 326 cm³/mol. The van der Waals surface area contributed by atoms with E-state index in [9.17, 15) is 0 Å². The fourth-order valence-electron chi connectivity index (χ4n) is 16.4. The van der Waals surface area contributed by atoms with Crippen molar-refractivity contribution in [3.05, 3.63) is 267 Å². The van der Waals surface area contributed by atoms with E-state index in [0.717, 1.165) is 6.42 Å². The lowest BCUT2D eigenvalue weighted by atomic mass is 9.68. The third-order valence-electron chi connectivity index (χ3n) is 19.6. The summed E-state index contributed by atoms with van der Waals surface area (Å²) < 4.78 is 1.37. The first kappa shape index (κ1) is 44.1. The normalized spacial score (nSPS) is 19.2. The van der Waals surface area contributed by atoms with E-state index in [-0.39, 0.29) is 17.3 Å². The Labute approximate surface area is 455 Å². The Balaban J connectivity index is 1.02. The lowest BCUT2D eigenvalue weighted by Crippen LogP contribution is -2.28. The van der Waals surface area contributed by atoms with Gasteiger partial charge in [-0.15, -0.1) is 11.3 Å². The van der Waals surface area contributed by atoms with Crippen LogP contribution in [0.15, 0.2) is 206 Å². The van der Waals surface area contributed by atoms with Gasteiger partial charge in [-0.1, -0.05) is 209 Å². The van der Waals surface area contributed by atoms with Crippen LogP contribution >= 0.6 is 11.3 Å². The highest BCUT2D eigenvalue weighted by Gasteiger charge is 2.53. The number of allylic oxidation sites excluding steroid dienone is 2. The molecule has 17 rings (SSSR count). The van der Waals surface area contributed by atoms with Crippen LogP contribution in [0, 0.1) is 5.92 Å². The second-order valence-corrected chi connectivity index (χ2v) is 24.4. The summed E-state index contributed by atoms with van der Waals surface area (Å²) in [6.45, 7) is 4.89. The van der Waals surface area contributed by atoms with E-state index in [1.54, 1.807) is 0 Å². The Bertz CT molecular complexity index is 4370. The minimum absolute atomic E-state index is 0.00351. The van der Waals surface area contributed by atoms with Crippen LogP contribution in [0.4, 0.5) is 17.1 Å². The molecular weight excluding hydrogens is 947 g/mol. The average molecular weight is 1000 g/mol. The summed E-state index contributed by atoms with van der Waals surface area (Å²) in [6.07, 6.45) is 17.1. The van der Waals surface area contributed by atoms with Crippen LogP contribution in [-0.4, -0.2) is 0 Å². The molecule has 0 aliphatic heterocycles. The second kappa shape index (κ2) is 16.2. The number of nitrogens with zero attached hydrogens (tertiary/aromatic N) is 1. The molecule has 10 aromatic carbocycles. The summed E-state index contributed by atoms with van der Waals surface area (Å²) in [4.78, 5) is 4.17. The number of hydrogen-bond donors (Lipinski definition) is 0. The van der Waals surface area contributed by atoms with Gasteiger partial charge in [-0.05, 0) is 184 Å². The van der Waals surface area contributed by atoms with Gasteiger partial charge in [0.2, 0.25) is 0 Å². The molecule has 2 spiro atoms. The van der Waals surface area contributed by atoms with Crippen LogP contribution in [-0.2, 0) is 17.3 Å². The molecule has 1 nitrogen and oxygen atoms in total. The molecule has 3 unspecified atom stereocenters. The lowest BCUT2D eigenvalue weighted by Gasteiger charge is -2.37. The van der Waals surface area contributed by atoms with E-state index in [1.165, 1.54) is 175 Å². The molecule has 6 aliphatic carbocycles. The predicted octanol–water partition coefficient (Wildman–Crippen LogP) is 20.4. The van der Waals surface area contributed by atoms with Gasteiger partial charge in [-0.25, -0.2) is 0 Å². The highest BCUT2D eigenvalue weighted by atomic mass is 32.1. The zero-order valence-corrected chi connectivity index (χ0v) is 44.4. The fourth-order valence-corrected chi connectivity index (χ4v) is 17.7. The number of hydrogen-bond acceptors (Lipinski definition) is 2. The minimum Gasteiger partial charge on any atom is -0.310 e. The van der Waals surface area contributed by atoms with Crippen LogP contribution in [0.1, 0.15) is 118 Å². The SMILES string of the molecule is CC1C=Cc2c(c3cc(N(c4cc5c(cc4C4C=Cc6sc7ccccc7c6C4C)-c4ccccc4C54c5ccccc5-c5ccccc54)c4cccc5c4-c4ccccc4C54CCCCC4)ccc3c3ccccc23)C1. The molecule has 0 radical (unpaired) electrons. The lowest BCUT2D eigenvalue weighted by molar-refractivity contribution is 0.353. The van der Waals surface area contributed by atoms with Crippen LogP contribution in [0.25, 0.3) is 77.2 Å². The van der Waals surface area contributed by atoms with Crippen molar-refractivity contribution in [1.82, 2.24) is 0 Å². The van der Waals surface area contributed by atoms with E-state index in [1.807, 2.05) is 11.3 Å². The minimum atomic E-state index is -0.510. The molecule has 1 fully saturated rings. The molecule has 0 saturated heterocycles. The summed E-state index contributed by atoms with van der Waals surface area (Å²) in [7, 11) is 0. The molecule has 0 N–H and O–H groups in total. The number of benzene rings is 10. The van der Waals surface area contributed by atoms with Gasteiger partial charge >= 0.3 is 0 Å². The largest absolute Gasteiger partial charge is 0.310 e. The van der Waals surface area contributed by atoms with Crippen molar-refractivity contribution >= 4 is 72.2 Å². The Morgan fingerprint density at radius 1 is 0.468 bits per heavy atom. The Hall–Kier alpha value is -8.04. The smallest absolute Gasteiger partial charge is 0.0726 e. The molecule has 11 aromatic rings. The van der Waals surface area contributed by atoms with Crippen molar-refractivity contribution < 1.29 is 0 Å². The Kier molecular flexibility index (Phi) is 9.31. The zero-order chi connectivity index (χ0) is 50.7. The van der Waals surface area contributed by atoms with Gasteiger partial charge in [0, 0.05) is 32.2 Å². The maximum atomic E-state index is 2.78. The van der Waals surface area contributed by atoms with Crippen molar-refractivity contribution in [1.29, 1.82) is 0 Å². The van der Waals surface area contributed by atoms with E-state index < -0.39 is 5.41 Å². The zero-order valence-electron chi connectivity index (χ0n) is 43.6. The quantitative estimate of drug-likeness (QED) is 0.159. The summed E-state index contributed by atoms with van der Waals surface area (Å²) in [6, 6.07) is 76.1. The van der Waals surface area contributed by atoms with E-state index in [2.05, 4.69) is 237 Å². The maximum absolute atomic E-state index is 2.78. The van der Waals surface area contributed by atoms with Gasteiger partial charge in [0.1, 0.15) is 0 Å². The van der Waals surface area contributed by atoms with Crippen LogP contribution < -0.4 is 4.90 Å². The van der Waals surface area contributed by atoms with Gasteiger partial charge in [-0.3, -0.25) is 0 Å². The molecule has 2 heteroatoms. The highest BCUT2D eigenvalue weighted by Crippen LogP contribution is 2.66. The van der Waals surface area contributed by atoms with Crippen molar-refractivity contribution in [3.8, 4) is 33.4 Å². The van der Waals surface area contributed by atoms with Gasteiger partial charge in [0.05, 0.1) is 16.8 Å². The number of thiophene rings is 1. The Morgan fingerprint density at radius 2 is 1.09 bits per heavy atom. The van der Waals surface area contributed by atoms with Crippen molar-refractivity contribution in [3.63, 3.8) is 0 Å². The van der Waals surface area contributed by atoms with Crippen LogP contribution in [0.5, 0.6) is 0 Å². The summed E-state index contributed by atoms with van der Waals surface area (Å²) in [5, 5.41) is 6.75. The second-order valence-electron chi connectivity index (χ2n) is 23.3. The van der Waals surface area contributed by atoms with Gasteiger partial charge in [0.25, 0.3) is 0 Å². The van der Waals surface area contributed by atoms with Crippen LogP contribution in [0.2, 0.25) is 0 Å². The summed E-state index contributed by atoms with van der Waals surface area (Å²) >= 11 is 1.94. The molecule has 6 aliphatic rings. The molecule has 0 amide bonds. The topological polar surface area (TPSA) is 3.24 Å². The van der Waals surface area contributed by atoms with E-state index >= 15 is 0 Å². The van der Waals surface area contributed by atoms with Gasteiger partial charge in [-0.2, -0.15) is 0 Å². The molecular formula is C75H57NS. The molecule has 1 saturated carbocycles. The highest BCUT2D eigenvalue weighted by molar-refractivity contribution is 7.20. The van der Waals surface area contributed by atoms with Gasteiger partial charge < -0.3 is 4.90 Å². The maximum Gasteiger partial charge on any atom is 0.0726 e. The third kappa shape index (κ3) is 5.84. The number of fused-ring (bicyclic) bond motifs is 24.